The lowest BCUT2D eigenvalue weighted by molar-refractivity contribution is -0.141. The minimum Gasteiger partial charge on any atom is -0.481 e. The number of carboxylic acids is 1. The first-order valence-corrected chi connectivity index (χ1v) is 7.40. The van der Waals surface area contributed by atoms with Gasteiger partial charge in [-0.3, -0.25) is 14.4 Å². The fourth-order valence-electron chi connectivity index (χ4n) is 3.19. The van der Waals surface area contributed by atoms with Crippen molar-refractivity contribution in [2.24, 2.45) is 5.92 Å². The minimum atomic E-state index is -0.846. The number of hydrogen-bond donors (Lipinski definition) is 1. The predicted octanol–water partition coefficient (Wildman–Crippen LogP) is 1.14. The van der Waals surface area contributed by atoms with Gasteiger partial charge in [-0.15, -0.1) is 0 Å². The van der Waals surface area contributed by atoms with E-state index >= 15 is 0 Å². The van der Waals surface area contributed by atoms with Crippen molar-refractivity contribution in [1.82, 2.24) is 4.90 Å². The molecule has 6 heteroatoms. The van der Waals surface area contributed by atoms with E-state index < -0.39 is 11.9 Å². The van der Waals surface area contributed by atoms with E-state index in [4.69, 9.17) is 5.11 Å². The van der Waals surface area contributed by atoms with Crippen LogP contribution in [0, 0.1) is 5.92 Å². The van der Waals surface area contributed by atoms with E-state index in [9.17, 15) is 14.4 Å². The van der Waals surface area contributed by atoms with Crippen LogP contribution in [-0.4, -0.2) is 47.4 Å². The lowest BCUT2D eigenvalue weighted by Gasteiger charge is -2.17. The normalized spacial score (nSPS) is 20.1. The average Bonchev–Trinajstić information content (AvgIpc) is 3.12. The first-order valence-electron chi connectivity index (χ1n) is 7.40. The molecular weight excluding hydrogens is 284 g/mol. The Morgan fingerprint density at radius 2 is 2.00 bits per heavy atom. The third kappa shape index (κ3) is 2.45. The van der Waals surface area contributed by atoms with Crippen molar-refractivity contribution in [3.8, 4) is 0 Å². The number of nitrogens with zero attached hydrogens (tertiary/aromatic N) is 2. The maximum atomic E-state index is 12.5. The molecule has 1 fully saturated rings. The molecule has 3 rings (SSSR count). The second kappa shape index (κ2) is 5.44. The van der Waals surface area contributed by atoms with Gasteiger partial charge in [0.05, 0.1) is 5.92 Å². The monoisotopic (exact) mass is 302 g/mol. The molecule has 2 heterocycles. The quantitative estimate of drug-likeness (QED) is 0.888. The Morgan fingerprint density at radius 1 is 1.23 bits per heavy atom. The molecular formula is C16H18N2O4. The zero-order valence-corrected chi connectivity index (χ0v) is 12.4. The van der Waals surface area contributed by atoms with Crippen molar-refractivity contribution in [1.29, 1.82) is 0 Å². The van der Waals surface area contributed by atoms with Gasteiger partial charge in [-0.25, -0.2) is 0 Å². The van der Waals surface area contributed by atoms with Crippen LogP contribution < -0.4 is 4.90 Å². The molecule has 2 aliphatic rings. The third-order valence-corrected chi connectivity index (χ3v) is 4.43. The van der Waals surface area contributed by atoms with Crippen molar-refractivity contribution in [2.75, 3.05) is 24.5 Å². The van der Waals surface area contributed by atoms with Crippen molar-refractivity contribution in [2.45, 2.75) is 19.8 Å². The molecule has 0 aromatic heterocycles. The molecule has 2 amide bonds. The number of amides is 2. The molecule has 1 saturated heterocycles. The van der Waals surface area contributed by atoms with E-state index in [0.29, 0.717) is 25.1 Å². The summed E-state index contributed by atoms with van der Waals surface area (Å²) in [7, 11) is 0. The van der Waals surface area contributed by atoms with Gasteiger partial charge in [0.1, 0.15) is 0 Å². The number of rotatable bonds is 2. The van der Waals surface area contributed by atoms with Crippen LogP contribution >= 0.6 is 0 Å². The summed E-state index contributed by atoms with van der Waals surface area (Å²) in [6, 6.07) is 5.35. The number of carbonyl (C=O) groups is 3. The van der Waals surface area contributed by atoms with E-state index in [1.165, 1.54) is 6.92 Å². The van der Waals surface area contributed by atoms with Gasteiger partial charge >= 0.3 is 5.97 Å². The topological polar surface area (TPSA) is 77.9 Å². The second-order valence-electron chi connectivity index (χ2n) is 5.84. The Kier molecular flexibility index (Phi) is 3.60. The van der Waals surface area contributed by atoms with Crippen LogP contribution in [0.1, 0.15) is 29.3 Å². The maximum absolute atomic E-state index is 12.5. The third-order valence-electron chi connectivity index (χ3n) is 4.43. The highest BCUT2D eigenvalue weighted by Crippen LogP contribution is 2.30. The van der Waals surface area contributed by atoms with Crippen LogP contribution in [0.15, 0.2) is 18.2 Å². The molecule has 0 radical (unpaired) electrons. The van der Waals surface area contributed by atoms with E-state index in [0.717, 1.165) is 17.7 Å². The van der Waals surface area contributed by atoms with E-state index in [1.807, 2.05) is 12.1 Å². The van der Waals surface area contributed by atoms with Gasteiger partial charge in [0.25, 0.3) is 5.91 Å². The van der Waals surface area contributed by atoms with Crippen molar-refractivity contribution in [3.63, 3.8) is 0 Å². The standard InChI is InChI=1S/C16H18N2O4/c1-10(19)18-7-5-11-8-12(2-3-14(11)18)15(20)17-6-4-13(9-17)16(21)22/h2-3,8,13H,4-7,9H2,1H3,(H,21,22). The summed E-state index contributed by atoms with van der Waals surface area (Å²) in [5.74, 6) is -1.44. The summed E-state index contributed by atoms with van der Waals surface area (Å²) < 4.78 is 0. The minimum absolute atomic E-state index is 0.00155. The molecule has 2 aliphatic heterocycles. The summed E-state index contributed by atoms with van der Waals surface area (Å²) in [5, 5.41) is 9.02. The Balaban J connectivity index is 1.78. The van der Waals surface area contributed by atoms with Crippen LogP contribution in [-0.2, 0) is 16.0 Å². The van der Waals surface area contributed by atoms with Crippen molar-refractivity contribution in [3.05, 3.63) is 29.3 Å². The molecule has 6 nitrogen and oxygen atoms in total. The van der Waals surface area contributed by atoms with E-state index in [2.05, 4.69) is 0 Å². The second-order valence-corrected chi connectivity index (χ2v) is 5.84. The summed E-state index contributed by atoms with van der Waals surface area (Å²) in [6.45, 7) is 2.93. The number of hydrogen-bond acceptors (Lipinski definition) is 3. The van der Waals surface area contributed by atoms with E-state index in [1.54, 1.807) is 15.9 Å². The Hall–Kier alpha value is -2.37. The van der Waals surface area contributed by atoms with Gasteiger partial charge in [0, 0.05) is 37.8 Å². The lowest BCUT2D eigenvalue weighted by Crippen LogP contribution is -2.30. The molecule has 1 atom stereocenters. The van der Waals surface area contributed by atoms with Crippen LogP contribution in [0.4, 0.5) is 5.69 Å². The smallest absolute Gasteiger partial charge is 0.308 e. The largest absolute Gasteiger partial charge is 0.481 e. The van der Waals surface area contributed by atoms with Gasteiger partial charge < -0.3 is 14.9 Å². The van der Waals surface area contributed by atoms with Gasteiger partial charge in [0.2, 0.25) is 5.91 Å². The molecule has 0 spiro atoms. The summed E-state index contributed by atoms with van der Waals surface area (Å²) >= 11 is 0. The van der Waals surface area contributed by atoms with Crippen molar-refractivity contribution < 1.29 is 19.5 Å². The molecule has 0 aliphatic carbocycles. The number of carboxylic acid groups (broad SMARTS) is 1. The fraction of sp³-hybridized carbons (Fsp3) is 0.438. The molecule has 22 heavy (non-hydrogen) atoms. The van der Waals surface area contributed by atoms with Gasteiger partial charge in [-0.2, -0.15) is 0 Å². The fourth-order valence-corrected chi connectivity index (χ4v) is 3.19. The van der Waals surface area contributed by atoms with Gasteiger partial charge in [-0.05, 0) is 36.6 Å². The SMILES string of the molecule is CC(=O)N1CCc2cc(C(=O)N3CCC(C(=O)O)C3)ccc21. The predicted molar refractivity (Wildman–Crippen MR) is 79.8 cm³/mol. The molecule has 0 bridgehead atoms. The average molecular weight is 302 g/mol. The molecule has 1 aromatic carbocycles. The van der Waals surface area contributed by atoms with Crippen LogP contribution in [0.5, 0.6) is 0 Å². The molecule has 1 N–H and O–H groups in total. The first-order chi connectivity index (χ1) is 10.5. The summed E-state index contributed by atoms with van der Waals surface area (Å²) in [5.41, 5.74) is 2.43. The summed E-state index contributed by atoms with van der Waals surface area (Å²) in [6.07, 6.45) is 1.25. The highest BCUT2D eigenvalue weighted by atomic mass is 16.4. The van der Waals surface area contributed by atoms with Gasteiger partial charge in [-0.1, -0.05) is 0 Å². The number of likely N-dealkylation sites (tertiary alicyclic amines) is 1. The van der Waals surface area contributed by atoms with Crippen molar-refractivity contribution >= 4 is 23.5 Å². The Bertz CT molecular complexity index is 656. The lowest BCUT2D eigenvalue weighted by atomic mass is 10.1. The number of benzene rings is 1. The number of fused-ring (bicyclic) bond motifs is 1. The molecule has 0 saturated carbocycles. The highest BCUT2D eigenvalue weighted by Gasteiger charge is 2.32. The number of aliphatic carboxylic acids is 1. The van der Waals surface area contributed by atoms with E-state index in [-0.39, 0.29) is 18.4 Å². The molecule has 1 unspecified atom stereocenters. The first kappa shape index (κ1) is 14.6. The maximum Gasteiger partial charge on any atom is 0.308 e. The Labute approximate surface area is 128 Å². The Morgan fingerprint density at radius 3 is 2.64 bits per heavy atom. The summed E-state index contributed by atoms with van der Waals surface area (Å²) in [4.78, 5) is 38.3. The van der Waals surface area contributed by atoms with Crippen LogP contribution in [0.25, 0.3) is 0 Å². The number of anilines is 1. The highest BCUT2D eigenvalue weighted by molar-refractivity contribution is 5.98. The number of carbonyl (C=O) groups excluding carboxylic acids is 2. The van der Waals surface area contributed by atoms with Gasteiger partial charge in [0.15, 0.2) is 0 Å². The zero-order chi connectivity index (χ0) is 15.9. The zero-order valence-electron chi connectivity index (χ0n) is 12.4. The van der Waals surface area contributed by atoms with Crippen LogP contribution in [0.3, 0.4) is 0 Å². The molecule has 1 aromatic rings. The molecule has 116 valence electrons. The van der Waals surface area contributed by atoms with Crippen LogP contribution in [0.2, 0.25) is 0 Å².